The van der Waals surface area contributed by atoms with E-state index in [4.69, 9.17) is 4.74 Å². The molecule has 1 aliphatic heterocycles. The molecule has 7 heteroatoms. The normalized spacial score (nSPS) is 25.6. The zero-order valence-electron chi connectivity index (χ0n) is 9.44. The van der Waals surface area contributed by atoms with Gasteiger partial charge in [-0.3, -0.25) is 5.32 Å². The number of anilines is 1. The van der Waals surface area contributed by atoms with Crippen molar-refractivity contribution >= 4 is 21.6 Å². The summed E-state index contributed by atoms with van der Waals surface area (Å²) in [5, 5.41) is 11.9. The second-order valence-corrected chi connectivity index (χ2v) is 6.23. The van der Waals surface area contributed by atoms with E-state index in [0.29, 0.717) is 5.69 Å². The summed E-state index contributed by atoms with van der Waals surface area (Å²) >= 11 is 0. The maximum Gasteiger partial charge on any atom is 0.412 e. The van der Waals surface area contributed by atoms with Gasteiger partial charge in [-0.2, -0.15) is 0 Å². The smallest absolute Gasteiger partial charge is 0.412 e. The van der Waals surface area contributed by atoms with Gasteiger partial charge in [0.1, 0.15) is 12.2 Å². The Morgan fingerprint density at radius 3 is 2.50 bits per heavy atom. The molecule has 2 atom stereocenters. The lowest BCUT2D eigenvalue weighted by molar-refractivity contribution is 0.0398. The Labute approximate surface area is 104 Å². The van der Waals surface area contributed by atoms with E-state index in [0.717, 1.165) is 0 Å². The minimum atomic E-state index is -3.32. The maximum absolute atomic E-state index is 11.5. The molecule has 0 aromatic heterocycles. The lowest BCUT2D eigenvalue weighted by Crippen LogP contribution is -2.31. The largest absolute Gasteiger partial charge is 0.442 e. The number of aliphatic hydroxyl groups is 1. The van der Waals surface area contributed by atoms with Crippen LogP contribution in [-0.2, 0) is 14.6 Å². The number of benzene rings is 1. The van der Waals surface area contributed by atoms with E-state index in [1.54, 1.807) is 30.3 Å². The minimum absolute atomic E-state index is 0.337. The molecule has 98 valence electrons. The summed E-state index contributed by atoms with van der Waals surface area (Å²) < 4.78 is 27.3. The fourth-order valence-electron chi connectivity index (χ4n) is 1.72. The van der Waals surface area contributed by atoms with Gasteiger partial charge in [0.2, 0.25) is 0 Å². The van der Waals surface area contributed by atoms with E-state index in [9.17, 15) is 18.3 Å². The first-order valence-corrected chi connectivity index (χ1v) is 7.19. The topological polar surface area (TPSA) is 92.7 Å². The lowest BCUT2D eigenvalue weighted by atomic mass is 10.3. The quantitative estimate of drug-likeness (QED) is 0.812. The molecule has 1 aromatic carbocycles. The first kappa shape index (κ1) is 12.8. The van der Waals surface area contributed by atoms with E-state index >= 15 is 0 Å². The maximum atomic E-state index is 11.5. The standard InChI is InChI=1S/C11H13NO5S/c13-9-6-18(15,16)7-10(9)17-11(14)12-8-4-2-1-3-5-8/h1-5,9-10,13H,6-7H2,(H,12,14)/t9-,10+/m1/s1. The molecule has 2 rings (SSSR count). The molecule has 2 N–H and O–H groups in total. The van der Waals surface area contributed by atoms with Crippen LogP contribution in [0.1, 0.15) is 0 Å². The van der Waals surface area contributed by atoms with Gasteiger partial charge in [0.05, 0.1) is 11.5 Å². The van der Waals surface area contributed by atoms with Gasteiger partial charge in [-0.1, -0.05) is 18.2 Å². The summed E-state index contributed by atoms with van der Waals surface area (Å²) in [6, 6.07) is 8.62. The molecule has 1 aliphatic rings. The van der Waals surface area contributed by atoms with Crippen LogP contribution in [0.5, 0.6) is 0 Å². The van der Waals surface area contributed by atoms with Crippen molar-refractivity contribution < 1.29 is 23.1 Å². The second kappa shape index (κ2) is 4.95. The molecule has 0 bridgehead atoms. The van der Waals surface area contributed by atoms with Gasteiger partial charge in [-0.05, 0) is 12.1 Å². The Morgan fingerprint density at radius 1 is 1.28 bits per heavy atom. The molecule has 1 heterocycles. The monoisotopic (exact) mass is 271 g/mol. The van der Waals surface area contributed by atoms with Crippen molar-refractivity contribution in [3.05, 3.63) is 30.3 Å². The van der Waals surface area contributed by atoms with Crippen molar-refractivity contribution in [2.45, 2.75) is 12.2 Å². The number of carbonyl (C=O) groups is 1. The third-order valence-electron chi connectivity index (χ3n) is 2.55. The van der Waals surface area contributed by atoms with Crippen LogP contribution in [0.4, 0.5) is 10.5 Å². The first-order valence-electron chi connectivity index (χ1n) is 5.37. The highest BCUT2D eigenvalue weighted by Gasteiger charge is 2.39. The number of carbonyl (C=O) groups excluding carboxylic acids is 1. The molecule has 1 fully saturated rings. The Hall–Kier alpha value is -1.60. The number of hydrogen-bond acceptors (Lipinski definition) is 5. The van der Waals surface area contributed by atoms with Gasteiger partial charge in [0.25, 0.3) is 0 Å². The van der Waals surface area contributed by atoms with Crippen LogP contribution in [0.25, 0.3) is 0 Å². The number of rotatable bonds is 2. The highest BCUT2D eigenvalue weighted by Crippen LogP contribution is 2.16. The summed E-state index contributed by atoms with van der Waals surface area (Å²) in [5.74, 6) is -0.702. The average Bonchev–Trinajstić information content (AvgIpc) is 2.53. The summed E-state index contributed by atoms with van der Waals surface area (Å²) in [7, 11) is -3.32. The Morgan fingerprint density at radius 2 is 1.94 bits per heavy atom. The molecular formula is C11H13NO5S. The minimum Gasteiger partial charge on any atom is -0.442 e. The molecule has 0 spiro atoms. The number of para-hydroxylation sites is 1. The van der Waals surface area contributed by atoms with Gasteiger partial charge >= 0.3 is 6.09 Å². The van der Waals surface area contributed by atoms with Crippen LogP contribution in [0, 0.1) is 0 Å². The summed E-state index contributed by atoms with van der Waals surface area (Å²) in [6.07, 6.45) is -2.93. The number of hydrogen-bond donors (Lipinski definition) is 2. The van der Waals surface area contributed by atoms with Crippen molar-refractivity contribution in [2.75, 3.05) is 16.8 Å². The van der Waals surface area contributed by atoms with Crippen LogP contribution in [0.3, 0.4) is 0 Å². The number of nitrogens with one attached hydrogen (secondary N) is 1. The summed E-state index contributed by atoms with van der Waals surface area (Å²) in [4.78, 5) is 11.5. The van der Waals surface area contributed by atoms with E-state index in [-0.39, 0.29) is 11.5 Å². The van der Waals surface area contributed by atoms with Gasteiger partial charge < -0.3 is 9.84 Å². The predicted octanol–water partition coefficient (Wildman–Crippen LogP) is 0.393. The summed E-state index contributed by atoms with van der Waals surface area (Å²) in [5.41, 5.74) is 0.540. The Bertz CT molecular complexity index is 528. The van der Waals surface area contributed by atoms with Crippen molar-refractivity contribution in [1.82, 2.24) is 0 Å². The van der Waals surface area contributed by atoms with Crippen molar-refractivity contribution in [1.29, 1.82) is 0 Å². The van der Waals surface area contributed by atoms with Gasteiger partial charge in [-0.25, -0.2) is 13.2 Å². The second-order valence-electron chi connectivity index (χ2n) is 4.08. The van der Waals surface area contributed by atoms with Crippen LogP contribution in [0.2, 0.25) is 0 Å². The molecule has 1 saturated heterocycles. The zero-order valence-corrected chi connectivity index (χ0v) is 10.3. The summed E-state index contributed by atoms with van der Waals surface area (Å²) in [6.45, 7) is 0. The Kier molecular flexibility index (Phi) is 3.53. The van der Waals surface area contributed by atoms with Crippen LogP contribution in [0.15, 0.2) is 30.3 Å². The molecule has 0 radical (unpaired) electrons. The molecule has 1 aromatic rings. The van der Waals surface area contributed by atoms with E-state index in [2.05, 4.69) is 5.32 Å². The molecule has 0 aliphatic carbocycles. The van der Waals surface area contributed by atoms with Crippen molar-refractivity contribution in [3.8, 4) is 0 Å². The SMILES string of the molecule is O=C(Nc1ccccc1)O[C@H]1CS(=O)(=O)C[C@H]1O. The molecule has 18 heavy (non-hydrogen) atoms. The average molecular weight is 271 g/mol. The van der Waals surface area contributed by atoms with Crippen molar-refractivity contribution in [3.63, 3.8) is 0 Å². The van der Waals surface area contributed by atoms with E-state index in [1.807, 2.05) is 0 Å². The number of ether oxygens (including phenoxy) is 1. The van der Waals surface area contributed by atoms with Crippen molar-refractivity contribution in [2.24, 2.45) is 0 Å². The molecule has 0 saturated carbocycles. The van der Waals surface area contributed by atoms with Crippen LogP contribution >= 0.6 is 0 Å². The van der Waals surface area contributed by atoms with E-state index < -0.39 is 28.1 Å². The van der Waals surface area contributed by atoms with Gasteiger partial charge in [0, 0.05) is 5.69 Å². The van der Waals surface area contributed by atoms with E-state index in [1.165, 1.54) is 0 Å². The van der Waals surface area contributed by atoms with Crippen LogP contribution < -0.4 is 5.32 Å². The molecular weight excluding hydrogens is 258 g/mol. The third-order valence-corrected chi connectivity index (χ3v) is 4.24. The zero-order chi connectivity index (χ0) is 13.2. The first-order chi connectivity index (χ1) is 8.46. The number of amides is 1. The highest BCUT2D eigenvalue weighted by molar-refractivity contribution is 7.91. The van der Waals surface area contributed by atoms with Gasteiger partial charge in [-0.15, -0.1) is 0 Å². The number of aliphatic hydroxyl groups excluding tert-OH is 1. The third kappa shape index (κ3) is 3.21. The predicted molar refractivity (Wildman–Crippen MR) is 65.0 cm³/mol. The Balaban J connectivity index is 1.93. The highest BCUT2D eigenvalue weighted by atomic mass is 32.2. The number of sulfone groups is 1. The van der Waals surface area contributed by atoms with Crippen LogP contribution in [-0.4, -0.2) is 43.3 Å². The molecule has 1 amide bonds. The van der Waals surface area contributed by atoms with Gasteiger partial charge in [0.15, 0.2) is 9.84 Å². The molecule has 6 nitrogen and oxygen atoms in total. The lowest BCUT2D eigenvalue weighted by Gasteiger charge is -2.14. The fraction of sp³-hybridized carbons (Fsp3) is 0.364. The fourth-order valence-corrected chi connectivity index (χ4v) is 3.38. The molecule has 0 unspecified atom stereocenters.